The molecule has 0 aromatic rings. The van der Waals surface area contributed by atoms with Crippen molar-refractivity contribution in [2.24, 2.45) is 5.84 Å². The fraction of sp³-hybridized carbons (Fsp3) is 0.875. The molecule has 2 aliphatic rings. The number of nitrogens with zero attached hydrogens (tertiary/aromatic N) is 1. The quantitative estimate of drug-likeness (QED) is 0.307. The van der Waals surface area contributed by atoms with Crippen molar-refractivity contribution in [2.45, 2.75) is 25.0 Å². The summed E-state index contributed by atoms with van der Waals surface area (Å²) in [6, 6.07) is 0.529. The van der Waals surface area contributed by atoms with Crippen molar-refractivity contribution < 1.29 is 9.53 Å². The molecule has 1 amide bonds. The van der Waals surface area contributed by atoms with Crippen LogP contribution in [-0.4, -0.2) is 42.6 Å². The van der Waals surface area contributed by atoms with Gasteiger partial charge in [0, 0.05) is 12.6 Å². The zero-order chi connectivity index (χ0) is 9.26. The van der Waals surface area contributed by atoms with Gasteiger partial charge < -0.3 is 4.74 Å². The summed E-state index contributed by atoms with van der Waals surface area (Å²) in [7, 11) is 0. The van der Waals surface area contributed by atoms with Gasteiger partial charge in [0.2, 0.25) is 0 Å². The second-order valence-electron chi connectivity index (χ2n) is 3.62. The number of nitrogens with one attached hydrogen (secondary N) is 1. The summed E-state index contributed by atoms with van der Waals surface area (Å²) in [5.41, 5.74) is 2.12. The lowest BCUT2D eigenvalue weighted by Crippen LogP contribution is -2.53. The average molecular weight is 185 g/mol. The molecule has 0 saturated carbocycles. The second-order valence-corrected chi connectivity index (χ2v) is 3.62. The molecule has 0 bridgehead atoms. The molecule has 2 saturated heterocycles. The van der Waals surface area contributed by atoms with Gasteiger partial charge in [0.1, 0.15) is 6.10 Å². The molecule has 2 heterocycles. The first-order valence-corrected chi connectivity index (χ1v) is 4.67. The molecule has 0 radical (unpaired) electrons. The van der Waals surface area contributed by atoms with E-state index >= 15 is 0 Å². The number of fused-ring (bicyclic) bond motifs is 1. The van der Waals surface area contributed by atoms with E-state index in [1.807, 2.05) is 0 Å². The molecule has 2 rings (SSSR count). The van der Waals surface area contributed by atoms with Crippen LogP contribution in [0.3, 0.4) is 0 Å². The Morgan fingerprint density at radius 2 is 2.46 bits per heavy atom. The van der Waals surface area contributed by atoms with E-state index in [0.29, 0.717) is 19.2 Å². The molecule has 0 spiro atoms. The third-order valence-corrected chi connectivity index (χ3v) is 2.82. The van der Waals surface area contributed by atoms with Crippen molar-refractivity contribution in [3.8, 4) is 0 Å². The lowest BCUT2D eigenvalue weighted by Gasteiger charge is -2.33. The van der Waals surface area contributed by atoms with Gasteiger partial charge >= 0.3 is 0 Å². The Morgan fingerprint density at radius 3 is 3.23 bits per heavy atom. The highest BCUT2D eigenvalue weighted by Crippen LogP contribution is 2.22. The number of carbonyl (C=O) groups excluding carboxylic acids is 1. The van der Waals surface area contributed by atoms with Gasteiger partial charge in [0.25, 0.3) is 5.91 Å². The largest absolute Gasteiger partial charge is 0.365 e. The van der Waals surface area contributed by atoms with Crippen LogP contribution in [0.4, 0.5) is 0 Å². The number of amides is 1. The molecule has 0 aromatic heterocycles. The summed E-state index contributed by atoms with van der Waals surface area (Å²) in [5, 5.41) is 0. The number of hydrogen-bond acceptors (Lipinski definition) is 4. The number of hydrogen-bond donors (Lipinski definition) is 2. The SMILES string of the molecule is NNC(=O)[C@@H]1CN2CCC[C@H]2CO1. The van der Waals surface area contributed by atoms with Gasteiger partial charge in [-0.25, -0.2) is 5.84 Å². The molecule has 0 aromatic carbocycles. The third kappa shape index (κ3) is 1.67. The number of rotatable bonds is 1. The molecule has 2 fully saturated rings. The fourth-order valence-electron chi connectivity index (χ4n) is 2.07. The zero-order valence-electron chi connectivity index (χ0n) is 7.53. The maximum Gasteiger partial charge on any atom is 0.264 e. The van der Waals surface area contributed by atoms with Crippen molar-refractivity contribution in [3.63, 3.8) is 0 Å². The van der Waals surface area contributed by atoms with E-state index in [1.165, 1.54) is 12.8 Å². The summed E-state index contributed by atoms with van der Waals surface area (Å²) in [4.78, 5) is 13.5. The molecule has 0 aliphatic carbocycles. The van der Waals surface area contributed by atoms with Crippen LogP contribution in [0.15, 0.2) is 0 Å². The van der Waals surface area contributed by atoms with Gasteiger partial charge in [-0.3, -0.25) is 15.1 Å². The Kier molecular flexibility index (Phi) is 2.48. The second kappa shape index (κ2) is 3.61. The number of morpholine rings is 1. The summed E-state index contributed by atoms with van der Waals surface area (Å²) in [5.74, 6) is 4.82. The van der Waals surface area contributed by atoms with Crippen molar-refractivity contribution in [3.05, 3.63) is 0 Å². The Balaban J connectivity index is 1.93. The number of ether oxygens (including phenoxy) is 1. The smallest absolute Gasteiger partial charge is 0.264 e. The molecule has 0 unspecified atom stereocenters. The fourth-order valence-corrected chi connectivity index (χ4v) is 2.07. The summed E-state index contributed by atoms with van der Waals surface area (Å²) in [6.45, 7) is 2.44. The maximum atomic E-state index is 11.2. The van der Waals surface area contributed by atoms with Crippen LogP contribution >= 0.6 is 0 Å². The van der Waals surface area contributed by atoms with E-state index in [0.717, 1.165) is 6.54 Å². The van der Waals surface area contributed by atoms with Crippen molar-refractivity contribution in [1.29, 1.82) is 0 Å². The van der Waals surface area contributed by atoms with E-state index in [2.05, 4.69) is 10.3 Å². The standard InChI is InChI=1S/C8H15N3O2/c9-10-8(12)7-4-11-3-1-2-6(11)5-13-7/h6-7H,1-5,9H2,(H,10,12)/t6-,7-/m0/s1. The highest BCUT2D eigenvalue weighted by molar-refractivity contribution is 5.80. The van der Waals surface area contributed by atoms with E-state index < -0.39 is 0 Å². The average Bonchev–Trinajstić information content (AvgIpc) is 2.63. The molecule has 5 nitrogen and oxygen atoms in total. The topological polar surface area (TPSA) is 67.6 Å². The van der Waals surface area contributed by atoms with Crippen LogP contribution in [0.5, 0.6) is 0 Å². The van der Waals surface area contributed by atoms with Gasteiger partial charge in [-0.1, -0.05) is 0 Å². The number of carbonyl (C=O) groups is 1. The molecular weight excluding hydrogens is 170 g/mol. The van der Waals surface area contributed by atoms with Crippen LogP contribution in [-0.2, 0) is 9.53 Å². The highest BCUT2D eigenvalue weighted by atomic mass is 16.5. The van der Waals surface area contributed by atoms with Crippen molar-refractivity contribution >= 4 is 5.91 Å². The third-order valence-electron chi connectivity index (χ3n) is 2.82. The molecule has 3 N–H and O–H groups in total. The number of hydrazine groups is 1. The molecule has 2 atom stereocenters. The first-order valence-electron chi connectivity index (χ1n) is 4.67. The minimum atomic E-state index is -0.376. The molecule has 74 valence electrons. The minimum Gasteiger partial charge on any atom is -0.365 e. The summed E-state index contributed by atoms with van der Waals surface area (Å²) >= 11 is 0. The Labute approximate surface area is 77.2 Å². The normalized spacial score (nSPS) is 34.2. The molecular formula is C8H15N3O2. The van der Waals surface area contributed by atoms with E-state index in [-0.39, 0.29) is 12.0 Å². The van der Waals surface area contributed by atoms with Crippen molar-refractivity contribution in [1.82, 2.24) is 10.3 Å². The van der Waals surface area contributed by atoms with Gasteiger partial charge in [-0.05, 0) is 19.4 Å². The lowest BCUT2D eigenvalue weighted by molar-refractivity contribution is -0.140. The Hall–Kier alpha value is -0.650. The zero-order valence-corrected chi connectivity index (χ0v) is 7.53. The van der Waals surface area contributed by atoms with Gasteiger partial charge in [0.15, 0.2) is 0 Å². The summed E-state index contributed by atoms with van der Waals surface area (Å²) in [6.07, 6.45) is 2.03. The van der Waals surface area contributed by atoms with Crippen LogP contribution in [0, 0.1) is 0 Å². The predicted molar refractivity (Wildman–Crippen MR) is 46.7 cm³/mol. The number of nitrogens with two attached hydrogens (primary N) is 1. The first-order chi connectivity index (χ1) is 6.31. The molecule has 13 heavy (non-hydrogen) atoms. The first kappa shape index (κ1) is 8.93. The molecule has 2 aliphatic heterocycles. The van der Waals surface area contributed by atoms with E-state index in [4.69, 9.17) is 10.6 Å². The van der Waals surface area contributed by atoms with Gasteiger partial charge in [-0.2, -0.15) is 0 Å². The predicted octanol–water partition coefficient (Wildman–Crippen LogP) is -1.16. The monoisotopic (exact) mass is 185 g/mol. The maximum absolute atomic E-state index is 11.2. The van der Waals surface area contributed by atoms with Crippen LogP contribution in [0.1, 0.15) is 12.8 Å². The van der Waals surface area contributed by atoms with Crippen molar-refractivity contribution in [2.75, 3.05) is 19.7 Å². The lowest BCUT2D eigenvalue weighted by atomic mass is 10.2. The molecule has 5 heteroatoms. The van der Waals surface area contributed by atoms with E-state index in [9.17, 15) is 4.79 Å². The Morgan fingerprint density at radius 1 is 1.62 bits per heavy atom. The van der Waals surface area contributed by atoms with Gasteiger partial charge in [-0.15, -0.1) is 0 Å². The Bertz CT molecular complexity index is 210. The highest BCUT2D eigenvalue weighted by Gasteiger charge is 2.34. The minimum absolute atomic E-state index is 0.217. The summed E-state index contributed by atoms with van der Waals surface area (Å²) < 4.78 is 5.41. The van der Waals surface area contributed by atoms with Crippen LogP contribution < -0.4 is 11.3 Å². The van der Waals surface area contributed by atoms with E-state index in [1.54, 1.807) is 0 Å². The van der Waals surface area contributed by atoms with Gasteiger partial charge in [0.05, 0.1) is 6.61 Å². The van der Waals surface area contributed by atoms with Crippen LogP contribution in [0.25, 0.3) is 0 Å². The van der Waals surface area contributed by atoms with Crippen LogP contribution in [0.2, 0.25) is 0 Å².